The summed E-state index contributed by atoms with van der Waals surface area (Å²) in [5, 5.41) is 15.2. The van der Waals surface area contributed by atoms with Crippen LogP contribution in [0.4, 0.5) is 0 Å². The van der Waals surface area contributed by atoms with Gasteiger partial charge in [-0.3, -0.25) is 4.79 Å². The molecular weight excluding hydrogens is 276 g/mol. The molecule has 1 amide bonds. The molecule has 0 bridgehead atoms. The standard InChI is InChI=1S/C18H14N2O2/c21-15-8-3-5-13(11-15)12-19-20-18(22)17-10-4-7-14-6-1-2-9-16(14)17/h1-12,21H,(H,20,22)/b19-12-. The normalized spacial score (nSPS) is 10.9. The van der Waals surface area contributed by atoms with Gasteiger partial charge in [-0.2, -0.15) is 5.10 Å². The van der Waals surface area contributed by atoms with Crippen molar-refractivity contribution in [1.82, 2.24) is 5.43 Å². The summed E-state index contributed by atoms with van der Waals surface area (Å²) in [4.78, 5) is 12.2. The second-order valence-electron chi connectivity index (χ2n) is 4.82. The number of hydrazone groups is 1. The van der Waals surface area contributed by atoms with Gasteiger partial charge in [-0.05, 0) is 34.5 Å². The Labute approximate surface area is 127 Å². The summed E-state index contributed by atoms with van der Waals surface area (Å²) in [7, 11) is 0. The van der Waals surface area contributed by atoms with E-state index in [4.69, 9.17) is 0 Å². The number of nitrogens with one attached hydrogen (secondary N) is 1. The fourth-order valence-corrected chi connectivity index (χ4v) is 2.25. The molecule has 3 aromatic carbocycles. The van der Waals surface area contributed by atoms with Gasteiger partial charge in [-0.1, -0.05) is 48.5 Å². The van der Waals surface area contributed by atoms with Crippen molar-refractivity contribution < 1.29 is 9.90 Å². The summed E-state index contributed by atoms with van der Waals surface area (Å²) >= 11 is 0. The van der Waals surface area contributed by atoms with E-state index < -0.39 is 0 Å². The van der Waals surface area contributed by atoms with Crippen molar-refractivity contribution in [3.8, 4) is 5.75 Å². The third-order valence-electron chi connectivity index (χ3n) is 3.28. The highest BCUT2D eigenvalue weighted by Crippen LogP contribution is 2.18. The third-order valence-corrected chi connectivity index (χ3v) is 3.28. The maximum atomic E-state index is 12.2. The molecule has 0 spiro atoms. The molecule has 0 aliphatic rings. The van der Waals surface area contributed by atoms with Crippen LogP contribution >= 0.6 is 0 Å². The summed E-state index contributed by atoms with van der Waals surface area (Å²) in [6.45, 7) is 0. The molecule has 3 aromatic rings. The van der Waals surface area contributed by atoms with Crippen LogP contribution < -0.4 is 5.43 Å². The average molecular weight is 290 g/mol. The lowest BCUT2D eigenvalue weighted by molar-refractivity contribution is 0.0957. The second-order valence-corrected chi connectivity index (χ2v) is 4.82. The summed E-state index contributed by atoms with van der Waals surface area (Å²) in [5.41, 5.74) is 3.79. The number of carbonyl (C=O) groups excluding carboxylic acids is 1. The van der Waals surface area contributed by atoms with Gasteiger partial charge in [0.1, 0.15) is 5.75 Å². The van der Waals surface area contributed by atoms with Crippen LogP contribution in [-0.2, 0) is 0 Å². The molecule has 0 heterocycles. The van der Waals surface area contributed by atoms with Crippen molar-refractivity contribution in [1.29, 1.82) is 0 Å². The molecule has 0 aliphatic heterocycles. The molecule has 0 fully saturated rings. The van der Waals surface area contributed by atoms with E-state index >= 15 is 0 Å². The number of carbonyl (C=O) groups is 1. The summed E-state index contributed by atoms with van der Waals surface area (Å²) in [6.07, 6.45) is 1.49. The minimum Gasteiger partial charge on any atom is -0.508 e. The summed E-state index contributed by atoms with van der Waals surface area (Å²) < 4.78 is 0. The zero-order valence-corrected chi connectivity index (χ0v) is 11.7. The number of rotatable bonds is 3. The van der Waals surface area contributed by atoms with Crippen LogP contribution in [0.25, 0.3) is 10.8 Å². The first kappa shape index (κ1) is 13.8. The molecule has 0 atom stereocenters. The number of phenolic OH excluding ortho intramolecular Hbond substituents is 1. The molecule has 0 saturated heterocycles. The van der Waals surface area contributed by atoms with Crippen LogP contribution in [0, 0.1) is 0 Å². The maximum Gasteiger partial charge on any atom is 0.271 e. The fraction of sp³-hybridized carbons (Fsp3) is 0. The van der Waals surface area contributed by atoms with Crippen molar-refractivity contribution in [2.75, 3.05) is 0 Å². The molecular formula is C18H14N2O2. The number of hydrogen-bond donors (Lipinski definition) is 2. The van der Waals surface area contributed by atoms with Gasteiger partial charge in [-0.15, -0.1) is 0 Å². The predicted octanol–water partition coefficient (Wildman–Crippen LogP) is 3.31. The highest BCUT2D eigenvalue weighted by atomic mass is 16.3. The largest absolute Gasteiger partial charge is 0.508 e. The maximum absolute atomic E-state index is 12.2. The van der Waals surface area contributed by atoms with Crippen molar-refractivity contribution in [3.63, 3.8) is 0 Å². The lowest BCUT2D eigenvalue weighted by atomic mass is 10.0. The molecule has 0 radical (unpaired) electrons. The average Bonchev–Trinajstić information content (AvgIpc) is 2.54. The molecule has 0 aromatic heterocycles. The minimum absolute atomic E-state index is 0.157. The highest BCUT2D eigenvalue weighted by molar-refractivity contribution is 6.07. The molecule has 2 N–H and O–H groups in total. The smallest absolute Gasteiger partial charge is 0.271 e. The van der Waals surface area contributed by atoms with Gasteiger partial charge in [0.2, 0.25) is 0 Å². The lowest BCUT2D eigenvalue weighted by Gasteiger charge is -2.04. The molecule has 3 rings (SSSR count). The van der Waals surface area contributed by atoms with Crippen molar-refractivity contribution in [3.05, 3.63) is 77.9 Å². The van der Waals surface area contributed by atoms with E-state index in [0.29, 0.717) is 11.1 Å². The van der Waals surface area contributed by atoms with Gasteiger partial charge in [0.25, 0.3) is 5.91 Å². The van der Waals surface area contributed by atoms with Crippen molar-refractivity contribution in [2.24, 2.45) is 5.10 Å². The van der Waals surface area contributed by atoms with E-state index in [1.54, 1.807) is 30.3 Å². The zero-order valence-electron chi connectivity index (χ0n) is 11.7. The number of fused-ring (bicyclic) bond motifs is 1. The number of phenols is 1. The molecule has 0 saturated carbocycles. The van der Waals surface area contributed by atoms with Crippen LogP contribution in [0.2, 0.25) is 0 Å². The third kappa shape index (κ3) is 2.96. The van der Waals surface area contributed by atoms with Crippen molar-refractivity contribution >= 4 is 22.9 Å². The monoisotopic (exact) mass is 290 g/mol. The quantitative estimate of drug-likeness (QED) is 0.574. The van der Waals surface area contributed by atoms with E-state index in [1.807, 2.05) is 36.4 Å². The van der Waals surface area contributed by atoms with Gasteiger partial charge in [0, 0.05) is 5.56 Å². The van der Waals surface area contributed by atoms with Crippen LogP contribution in [0.5, 0.6) is 5.75 Å². The molecule has 0 aliphatic carbocycles. The first-order valence-electron chi connectivity index (χ1n) is 6.84. The Morgan fingerprint density at radius 3 is 2.64 bits per heavy atom. The first-order chi connectivity index (χ1) is 10.7. The van der Waals surface area contributed by atoms with Gasteiger partial charge in [0.15, 0.2) is 0 Å². The lowest BCUT2D eigenvalue weighted by Crippen LogP contribution is -2.17. The van der Waals surface area contributed by atoms with E-state index in [2.05, 4.69) is 10.5 Å². The van der Waals surface area contributed by atoms with Crippen LogP contribution in [0.15, 0.2) is 71.8 Å². The number of nitrogens with zero attached hydrogens (tertiary/aromatic N) is 1. The van der Waals surface area contributed by atoms with Crippen molar-refractivity contribution in [2.45, 2.75) is 0 Å². The minimum atomic E-state index is -0.270. The Kier molecular flexibility index (Phi) is 3.83. The Hall–Kier alpha value is -3.14. The molecule has 0 unspecified atom stereocenters. The predicted molar refractivity (Wildman–Crippen MR) is 87.1 cm³/mol. The summed E-state index contributed by atoms with van der Waals surface area (Å²) in [6, 6.07) is 19.9. The Balaban J connectivity index is 1.79. The fourth-order valence-electron chi connectivity index (χ4n) is 2.25. The van der Waals surface area contributed by atoms with Gasteiger partial charge < -0.3 is 5.11 Å². The zero-order chi connectivity index (χ0) is 15.4. The van der Waals surface area contributed by atoms with Gasteiger partial charge in [0.05, 0.1) is 6.21 Å². The first-order valence-corrected chi connectivity index (χ1v) is 6.84. The van der Waals surface area contributed by atoms with E-state index in [-0.39, 0.29) is 11.7 Å². The molecule has 4 nitrogen and oxygen atoms in total. The number of amides is 1. The topological polar surface area (TPSA) is 61.7 Å². The van der Waals surface area contributed by atoms with E-state index in [1.165, 1.54) is 6.21 Å². The van der Waals surface area contributed by atoms with Gasteiger partial charge in [-0.25, -0.2) is 5.43 Å². The Bertz CT molecular complexity index is 851. The van der Waals surface area contributed by atoms with E-state index in [0.717, 1.165) is 10.8 Å². The number of aromatic hydroxyl groups is 1. The highest BCUT2D eigenvalue weighted by Gasteiger charge is 2.08. The SMILES string of the molecule is O=C(N/N=C\c1cccc(O)c1)c1cccc2ccccc12. The molecule has 22 heavy (non-hydrogen) atoms. The molecule has 4 heteroatoms. The van der Waals surface area contributed by atoms with Gasteiger partial charge >= 0.3 is 0 Å². The molecule has 108 valence electrons. The van der Waals surface area contributed by atoms with Crippen LogP contribution in [-0.4, -0.2) is 17.2 Å². The van der Waals surface area contributed by atoms with E-state index in [9.17, 15) is 9.90 Å². The Morgan fingerprint density at radius 2 is 1.77 bits per heavy atom. The summed E-state index contributed by atoms with van der Waals surface area (Å²) in [5.74, 6) is -0.113. The number of hydrogen-bond acceptors (Lipinski definition) is 3. The second kappa shape index (κ2) is 6.10. The van der Waals surface area contributed by atoms with Crippen LogP contribution in [0.1, 0.15) is 15.9 Å². The number of benzene rings is 3. The van der Waals surface area contributed by atoms with Crippen LogP contribution in [0.3, 0.4) is 0 Å². The Morgan fingerprint density at radius 1 is 1.00 bits per heavy atom.